The molecule has 1 N–H and O–H groups in total. The van der Waals surface area contributed by atoms with Gasteiger partial charge in [-0.25, -0.2) is 0 Å². The van der Waals surface area contributed by atoms with Crippen LogP contribution in [0, 0.1) is 0 Å². The number of alkyl halides is 1. The molecule has 0 bridgehead atoms. The van der Waals surface area contributed by atoms with Crippen LogP contribution in [0.4, 0.5) is 0 Å². The quantitative estimate of drug-likeness (QED) is 0.646. The lowest BCUT2D eigenvalue weighted by molar-refractivity contribution is 0.101. The predicted molar refractivity (Wildman–Crippen MR) is 62.8 cm³/mol. The molecule has 94 valence electrons. The number of Topliss-reactive ketones (excluding diaryl/α,β-unsaturated/α-hetero) is 1. The minimum atomic E-state index is -0.457. The van der Waals surface area contributed by atoms with Crippen molar-refractivity contribution in [3.05, 3.63) is 11.6 Å². The number of phenolic OH excluding ortho intramolecular Hbond substituents is 1. The summed E-state index contributed by atoms with van der Waals surface area (Å²) >= 11 is 5.47. The van der Waals surface area contributed by atoms with E-state index < -0.39 is 5.78 Å². The summed E-state index contributed by atoms with van der Waals surface area (Å²) in [6.45, 7) is 0. The Hall–Kier alpha value is -1.62. The van der Waals surface area contributed by atoms with E-state index in [1.54, 1.807) is 0 Å². The van der Waals surface area contributed by atoms with Crippen LogP contribution in [0.15, 0.2) is 6.07 Å². The molecule has 0 aliphatic heterocycles. The van der Waals surface area contributed by atoms with Gasteiger partial charge in [0, 0.05) is 6.07 Å². The molecule has 0 radical (unpaired) electrons. The lowest BCUT2D eigenvalue weighted by Crippen LogP contribution is -2.06. The van der Waals surface area contributed by atoms with E-state index >= 15 is 0 Å². The molecule has 0 fully saturated rings. The molecule has 0 aromatic heterocycles. The molecule has 0 heterocycles. The Bertz CT molecular complexity index is 430. The van der Waals surface area contributed by atoms with Gasteiger partial charge in [-0.2, -0.15) is 0 Å². The molecule has 0 saturated heterocycles. The van der Waals surface area contributed by atoms with Crippen LogP contribution in [0.2, 0.25) is 0 Å². The van der Waals surface area contributed by atoms with Crippen LogP contribution < -0.4 is 14.2 Å². The van der Waals surface area contributed by atoms with Crippen LogP contribution in [-0.4, -0.2) is 38.1 Å². The topological polar surface area (TPSA) is 65.0 Å². The van der Waals surface area contributed by atoms with Crippen molar-refractivity contribution in [2.75, 3.05) is 27.2 Å². The Morgan fingerprint density at radius 3 is 2.24 bits per heavy atom. The molecule has 6 heteroatoms. The fourth-order valence-electron chi connectivity index (χ4n) is 1.48. The van der Waals surface area contributed by atoms with Gasteiger partial charge in [-0.3, -0.25) is 4.79 Å². The zero-order valence-electron chi connectivity index (χ0n) is 9.74. The van der Waals surface area contributed by atoms with Crippen LogP contribution in [-0.2, 0) is 0 Å². The normalized spacial score (nSPS) is 9.88. The first kappa shape index (κ1) is 13.4. The van der Waals surface area contributed by atoms with Crippen molar-refractivity contribution in [3.63, 3.8) is 0 Å². The third-order valence-electron chi connectivity index (χ3n) is 2.21. The van der Waals surface area contributed by atoms with Crippen molar-refractivity contribution in [1.29, 1.82) is 0 Å². The molecule has 1 aromatic rings. The minimum Gasteiger partial charge on any atom is -0.507 e. The van der Waals surface area contributed by atoms with E-state index in [2.05, 4.69) is 0 Å². The zero-order valence-corrected chi connectivity index (χ0v) is 10.5. The van der Waals surface area contributed by atoms with E-state index in [0.29, 0.717) is 0 Å². The van der Waals surface area contributed by atoms with Gasteiger partial charge in [0.25, 0.3) is 0 Å². The highest BCUT2D eigenvalue weighted by Gasteiger charge is 2.24. The Morgan fingerprint density at radius 2 is 1.82 bits per heavy atom. The third kappa shape index (κ3) is 2.39. The van der Waals surface area contributed by atoms with E-state index in [-0.39, 0.29) is 34.4 Å². The monoisotopic (exact) mass is 260 g/mol. The number of carbonyl (C=O) groups excluding carboxylic acids is 1. The molecule has 0 amide bonds. The maximum Gasteiger partial charge on any atom is 0.204 e. The maximum absolute atomic E-state index is 11.6. The summed E-state index contributed by atoms with van der Waals surface area (Å²) in [7, 11) is 4.19. The summed E-state index contributed by atoms with van der Waals surface area (Å²) in [5, 5.41) is 9.76. The van der Waals surface area contributed by atoms with Crippen molar-refractivity contribution in [2.45, 2.75) is 0 Å². The van der Waals surface area contributed by atoms with E-state index in [1.165, 1.54) is 27.4 Å². The molecule has 0 aliphatic rings. The molecule has 0 aliphatic carbocycles. The largest absolute Gasteiger partial charge is 0.507 e. The number of hydrogen-bond donors (Lipinski definition) is 1. The molecule has 0 saturated carbocycles. The van der Waals surface area contributed by atoms with Crippen molar-refractivity contribution >= 4 is 17.4 Å². The number of carbonyl (C=O) groups is 1. The maximum atomic E-state index is 11.6. The fraction of sp³-hybridized carbons (Fsp3) is 0.364. The fourth-order valence-corrected chi connectivity index (χ4v) is 1.61. The number of phenols is 1. The van der Waals surface area contributed by atoms with E-state index in [0.717, 1.165) is 0 Å². The number of hydrogen-bond acceptors (Lipinski definition) is 5. The van der Waals surface area contributed by atoms with Crippen LogP contribution >= 0.6 is 11.6 Å². The standard InChI is InChI=1S/C11H13ClO5/c1-15-8-4-6(13)9(7(14)5-12)11(17-3)10(8)16-2/h4,13H,5H2,1-3H3. The Kier molecular flexibility index (Phi) is 4.45. The second-order valence-electron chi connectivity index (χ2n) is 3.10. The van der Waals surface area contributed by atoms with Gasteiger partial charge in [0.2, 0.25) is 5.75 Å². The van der Waals surface area contributed by atoms with Gasteiger partial charge in [-0.15, -0.1) is 11.6 Å². The number of rotatable bonds is 5. The van der Waals surface area contributed by atoms with Gasteiger partial charge in [0.1, 0.15) is 11.3 Å². The molecule has 17 heavy (non-hydrogen) atoms. The number of benzene rings is 1. The highest BCUT2D eigenvalue weighted by molar-refractivity contribution is 6.31. The lowest BCUT2D eigenvalue weighted by Gasteiger charge is -2.15. The minimum absolute atomic E-state index is 0.0137. The van der Waals surface area contributed by atoms with Crippen LogP contribution in [0.5, 0.6) is 23.0 Å². The molecule has 0 unspecified atom stereocenters. The van der Waals surface area contributed by atoms with Crippen molar-refractivity contribution in [3.8, 4) is 23.0 Å². The predicted octanol–water partition coefficient (Wildman–Crippen LogP) is 1.84. The second kappa shape index (κ2) is 5.63. The van der Waals surface area contributed by atoms with Crippen molar-refractivity contribution in [1.82, 2.24) is 0 Å². The van der Waals surface area contributed by atoms with Crippen LogP contribution in [0.3, 0.4) is 0 Å². The summed E-state index contributed by atoms with van der Waals surface area (Å²) in [5.41, 5.74) is -0.0137. The average molecular weight is 261 g/mol. The Balaban J connectivity index is 3.54. The highest BCUT2D eigenvalue weighted by atomic mass is 35.5. The number of methoxy groups -OCH3 is 3. The number of halogens is 1. The summed E-state index contributed by atoms with van der Waals surface area (Å²) < 4.78 is 15.2. The molecule has 1 rings (SSSR count). The number of ether oxygens (including phenoxy) is 3. The second-order valence-corrected chi connectivity index (χ2v) is 3.36. The summed E-state index contributed by atoms with van der Waals surface area (Å²) in [6.07, 6.45) is 0. The lowest BCUT2D eigenvalue weighted by atomic mass is 10.1. The molecular formula is C11H13ClO5. The van der Waals surface area contributed by atoms with Gasteiger partial charge in [0.15, 0.2) is 17.3 Å². The Morgan fingerprint density at radius 1 is 1.24 bits per heavy atom. The zero-order chi connectivity index (χ0) is 13.0. The van der Waals surface area contributed by atoms with Gasteiger partial charge in [-0.1, -0.05) is 0 Å². The van der Waals surface area contributed by atoms with Crippen molar-refractivity contribution in [2.24, 2.45) is 0 Å². The molecule has 5 nitrogen and oxygen atoms in total. The summed E-state index contributed by atoms with van der Waals surface area (Å²) in [6, 6.07) is 1.28. The van der Waals surface area contributed by atoms with Gasteiger partial charge in [0.05, 0.1) is 27.2 Å². The SMILES string of the molecule is COc1cc(O)c(C(=O)CCl)c(OC)c1OC. The molecule has 1 aromatic carbocycles. The molecule has 0 spiro atoms. The molecule has 0 atom stereocenters. The number of ketones is 1. The Labute approximate surface area is 104 Å². The van der Waals surface area contributed by atoms with E-state index in [4.69, 9.17) is 25.8 Å². The van der Waals surface area contributed by atoms with Gasteiger partial charge in [-0.05, 0) is 0 Å². The van der Waals surface area contributed by atoms with E-state index in [9.17, 15) is 9.90 Å². The first-order valence-corrected chi connectivity index (χ1v) is 5.25. The molecular weight excluding hydrogens is 248 g/mol. The number of aromatic hydroxyl groups is 1. The van der Waals surface area contributed by atoms with Crippen LogP contribution in [0.25, 0.3) is 0 Å². The van der Waals surface area contributed by atoms with E-state index in [1.807, 2.05) is 0 Å². The smallest absolute Gasteiger partial charge is 0.204 e. The first-order chi connectivity index (χ1) is 8.10. The highest BCUT2D eigenvalue weighted by Crippen LogP contribution is 2.44. The average Bonchev–Trinajstić information content (AvgIpc) is 2.36. The summed E-state index contributed by atoms with van der Waals surface area (Å²) in [5.74, 6) is -0.365. The summed E-state index contributed by atoms with van der Waals surface area (Å²) in [4.78, 5) is 11.6. The van der Waals surface area contributed by atoms with Gasteiger partial charge >= 0.3 is 0 Å². The third-order valence-corrected chi connectivity index (χ3v) is 2.45. The first-order valence-electron chi connectivity index (χ1n) is 4.71. The van der Waals surface area contributed by atoms with Crippen molar-refractivity contribution < 1.29 is 24.1 Å². The van der Waals surface area contributed by atoms with Crippen LogP contribution in [0.1, 0.15) is 10.4 Å². The van der Waals surface area contributed by atoms with Gasteiger partial charge < -0.3 is 19.3 Å².